The van der Waals surface area contributed by atoms with Crippen LogP contribution in [0.2, 0.25) is 0 Å². The van der Waals surface area contributed by atoms with E-state index in [4.69, 9.17) is 15.2 Å². The lowest BCUT2D eigenvalue weighted by Gasteiger charge is -2.05. The average Bonchev–Trinajstić information content (AvgIpc) is 1.96. The molecule has 2 N–H and O–H groups in total. The van der Waals surface area contributed by atoms with Gasteiger partial charge in [-0.1, -0.05) is 0 Å². The molecule has 0 fully saturated rings. The Morgan fingerprint density at radius 2 is 1.82 bits per heavy atom. The molecule has 68 valence electrons. The van der Waals surface area contributed by atoms with Gasteiger partial charge in [0.25, 0.3) is 0 Å². The van der Waals surface area contributed by atoms with Crippen molar-refractivity contribution in [1.29, 1.82) is 0 Å². The van der Waals surface area contributed by atoms with Crippen LogP contribution in [0.25, 0.3) is 0 Å². The van der Waals surface area contributed by atoms with E-state index >= 15 is 0 Å². The average molecular weight is 161 g/mol. The molecule has 0 amide bonds. The number of nitrogens with two attached hydrogens (primary N) is 1. The van der Waals surface area contributed by atoms with E-state index in [1.165, 1.54) is 0 Å². The van der Waals surface area contributed by atoms with Gasteiger partial charge in [-0.3, -0.25) is 0 Å². The van der Waals surface area contributed by atoms with E-state index in [0.29, 0.717) is 13.2 Å². The highest BCUT2D eigenvalue weighted by atomic mass is 16.5. The lowest BCUT2D eigenvalue weighted by molar-refractivity contribution is 0.0506. The fourth-order valence-corrected chi connectivity index (χ4v) is 0.633. The van der Waals surface area contributed by atoms with Crippen molar-refractivity contribution in [3.63, 3.8) is 0 Å². The second kappa shape index (κ2) is 7.98. The zero-order chi connectivity index (χ0) is 8.53. The monoisotopic (exact) mass is 161 g/mol. The SMILES string of the molecule is CCOCCOCCC(C)N. The molecular formula is C8H19NO2. The second-order valence-corrected chi connectivity index (χ2v) is 2.58. The summed E-state index contributed by atoms with van der Waals surface area (Å²) in [6.07, 6.45) is 0.923. The van der Waals surface area contributed by atoms with Gasteiger partial charge in [0.15, 0.2) is 0 Å². The highest BCUT2D eigenvalue weighted by Crippen LogP contribution is 1.87. The van der Waals surface area contributed by atoms with Gasteiger partial charge in [-0.2, -0.15) is 0 Å². The molecule has 0 aromatic rings. The summed E-state index contributed by atoms with van der Waals surface area (Å²) in [5, 5.41) is 0. The molecule has 0 saturated heterocycles. The van der Waals surface area contributed by atoms with Crippen LogP contribution in [0.4, 0.5) is 0 Å². The Hall–Kier alpha value is -0.120. The summed E-state index contributed by atoms with van der Waals surface area (Å²) in [4.78, 5) is 0. The van der Waals surface area contributed by atoms with Gasteiger partial charge in [-0.25, -0.2) is 0 Å². The third-order valence-corrected chi connectivity index (χ3v) is 1.29. The lowest BCUT2D eigenvalue weighted by atomic mass is 10.3. The van der Waals surface area contributed by atoms with Gasteiger partial charge < -0.3 is 15.2 Å². The molecule has 0 aliphatic carbocycles. The van der Waals surface area contributed by atoms with Gasteiger partial charge in [0.1, 0.15) is 0 Å². The van der Waals surface area contributed by atoms with Crippen LogP contribution in [0, 0.1) is 0 Å². The van der Waals surface area contributed by atoms with Crippen molar-refractivity contribution < 1.29 is 9.47 Å². The summed E-state index contributed by atoms with van der Waals surface area (Å²) in [5.74, 6) is 0. The minimum atomic E-state index is 0.238. The molecule has 0 rings (SSSR count). The van der Waals surface area contributed by atoms with Gasteiger partial charge >= 0.3 is 0 Å². The van der Waals surface area contributed by atoms with Gasteiger partial charge in [0.05, 0.1) is 13.2 Å². The summed E-state index contributed by atoms with van der Waals surface area (Å²) in [7, 11) is 0. The maximum absolute atomic E-state index is 5.52. The fourth-order valence-electron chi connectivity index (χ4n) is 0.633. The van der Waals surface area contributed by atoms with E-state index in [1.54, 1.807) is 0 Å². The lowest BCUT2D eigenvalue weighted by Crippen LogP contribution is -2.18. The predicted octanol–water partition coefficient (Wildman–Crippen LogP) is 0.777. The summed E-state index contributed by atoms with van der Waals surface area (Å²) < 4.78 is 10.3. The number of hydrogen-bond donors (Lipinski definition) is 1. The summed E-state index contributed by atoms with van der Waals surface area (Å²) in [5.41, 5.74) is 5.52. The van der Waals surface area contributed by atoms with E-state index in [2.05, 4.69) is 0 Å². The highest BCUT2D eigenvalue weighted by molar-refractivity contribution is 4.50. The highest BCUT2D eigenvalue weighted by Gasteiger charge is 1.93. The molecule has 3 heteroatoms. The molecule has 1 unspecified atom stereocenters. The summed E-state index contributed by atoms with van der Waals surface area (Å²) in [6.45, 7) is 6.82. The summed E-state index contributed by atoms with van der Waals surface area (Å²) in [6, 6.07) is 0.238. The molecule has 1 atom stereocenters. The van der Waals surface area contributed by atoms with Gasteiger partial charge in [-0.15, -0.1) is 0 Å². The number of rotatable bonds is 7. The Bertz CT molecular complexity index is 76.5. The van der Waals surface area contributed by atoms with E-state index in [9.17, 15) is 0 Å². The van der Waals surface area contributed by atoms with Gasteiger partial charge in [0, 0.05) is 19.3 Å². The van der Waals surface area contributed by atoms with Crippen LogP contribution >= 0.6 is 0 Å². The molecule has 0 spiro atoms. The normalized spacial score (nSPS) is 13.4. The Labute approximate surface area is 68.9 Å². The molecule has 0 aromatic heterocycles. The van der Waals surface area contributed by atoms with Gasteiger partial charge in [0.2, 0.25) is 0 Å². The number of hydrogen-bond acceptors (Lipinski definition) is 3. The van der Waals surface area contributed by atoms with E-state index in [1.807, 2.05) is 13.8 Å². The molecule has 0 heterocycles. The van der Waals surface area contributed by atoms with Crippen LogP contribution in [0.1, 0.15) is 20.3 Å². The number of ether oxygens (including phenoxy) is 2. The van der Waals surface area contributed by atoms with Crippen LogP contribution in [0.15, 0.2) is 0 Å². The smallest absolute Gasteiger partial charge is 0.0700 e. The van der Waals surface area contributed by atoms with Crippen molar-refractivity contribution in [3.8, 4) is 0 Å². The van der Waals surface area contributed by atoms with E-state index in [-0.39, 0.29) is 6.04 Å². The first-order chi connectivity index (χ1) is 5.27. The van der Waals surface area contributed by atoms with Crippen LogP contribution in [0.5, 0.6) is 0 Å². The third-order valence-electron chi connectivity index (χ3n) is 1.29. The molecule has 0 saturated carbocycles. The Morgan fingerprint density at radius 3 is 2.36 bits per heavy atom. The van der Waals surface area contributed by atoms with Crippen molar-refractivity contribution >= 4 is 0 Å². The topological polar surface area (TPSA) is 44.5 Å². The van der Waals surface area contributed by atoms with Crippen molar-refractivity contribution in [2.45, 2.75) is 26.3 Å². The first kappa shape index (κ1) is 10.9. The minimum Gasteiger partial charge on any atom is -0.379 e. The fraction of sp³-hybridized carbons (Fsp3) is 1.00. The zero-order valence-corrected chi connectivity index (χ0v) is 7.51. The van der Waals surface area contributed by atoms with Crippen LogP contribution < -0.4 is 5.73 Å². The molecule has 0 aliphatic heterocycles. The van der Waals surface area contributed by atoms with E-state index in [0.717, 1.165) is 19.6 Å². The van der Waals surface area contributed by atoms with E-state index < -0.39 is 0 Å². The quantitative estimate of drug-likeness (QED) is 0.561. The molecule has 11 heavy (non-hydrogen) atoms. The Balaban J connectivity index is 2.80. The Morgan fingerprint density at radius 1 is 1.18 bits per heavy atom. The third kappa shape index (κ3) is 9.88. The first-order valence-corrected chi connectivity index (χ1v) is 4.18. The van der Waals surface area contributed by atoms with Crippen LogP contribution in [0.3, 0.4) is 0 Å². The standard InChI is InChI=1S/C8H19NO2/c1-3-10-6-7-11-5-4-8(2)9/h8H,3-7,9H2,1-2H3. The van der Waals surface area contributed by atoms with Gasteiger partial charge in [-0.05, 0) is 20.3 Å². The second-order valence-electron chi connectivity index (χ2n) is 2.58. The Kier molecular flexibility index (Phi) is 7.89. The zero-order valence-electron chi connectivity index (χ0n) is 7.51. The van der Waals surface area contributed by atoms with Crippen molar-refractivity contribution in [2.24, 2.45) is 5.73 Å². The maximum atomic E-state index is 5.52. The van der Waals surface area contributed by atoms with Crippen molar-refractivity contribution in [1.82, 2.24) is 0 Å². The predicted molar refractivity (Wildman–Crippen MR) is 45.6 cm³/mol. The maximum Gasteiger partial charge on any atom is 0.0700 e. The van der Waals surface area contributed by atoms with Crippen molar-refractivity contribution in [2.75, 3.05) is 26.4 Å². The first-order valence-electron chi connectivity index (χ1n) is 4.18. The minimum absolute atomic E-state index is 0.238. The molecule has 0 bridgehead atoms. The molecule has 0 radical (unpaired) electrons. The summed E-state index contributed by atoms with van der Waals surface area (Å²) >= 11 is 0. The van der Waals surface area contributed by atoms with Crippen molar-refractivity contribution in [3.05, 3.63) is 0 Å². The van der Waals surface area contributed by atoms with Crippen LogP contribution in [-0.4, -0.2) is 32.5 Å². The molecule has 0 aromatic carbocycles. The van der Waals surface area contributed by atoms with Crippen LogP contribution in [-0.2, 0) is 9.47 Å². The molecule has 0 aliphatic rings. The largest absolute Gasteiger partial charge is 0.379 e. The molecule has 3 nitrogen and oxygen atoms in total. The molecular weight excluding hydrogens is 142 g/mol.